The predicted molar refractivity (Wildman–Crippen MR) is 86.3 cm³/mol. The number of rotatable bonds is 2. The number of benzene rings is 2. The van der Waals surface area contributed by atoms with E-state index in [1.165, 1.54) is 12.1 Å². The molecule has 1 aromatic heterocycles. The molecule has 3 rings (SSSR count). The topological polar surface area (TPSA) is 54.7 Å². The zero-order valence-corrected chi connectivity index (χ0v) is 12.9. The van der Waals surface area contributed by atoms with Gasteiger partial charge in [-0.2, -0.15) is 5.10 Å². The average molecular weight is 346 g/mol. The lowest BCUT2D eigenvalue weighted by Crippen LogP contribution is -1.90. The highest BCUT2D eigenvalue weighted by atomic mass is 79.9. The first-order chi connectivity index (χ1) is 10.1. The second-order valence-corrected chi connectivity index (χ2v) is 5.71. The van der Waals surface area contributed by atoms with Gasteiger partial charge >= 0.3 is 0 Å². The van der Waals surface area contributed by atoms with Crippen molar-refractivity contribution in [3.63, 3.8) is 0 Å². The number of aromatic nitrogens is 2. The monoisotopic (exact) mass is 345 g/mol. The number of nitrogens with two attached hydrogens (primary N) is 1. The molecule has 3 N–H and O–H groups in total. The molecule has 3 nitrogen and oxygen atoms in total. The highest BCUT2D eigenvalue weighted by Crippen LogP contribution is 2.38. The largest absolute Gasteiger partial charge is 0.382 e. The van der Waals surface area contributed by atoms with Crippen LogP contribution in [0.2, 0.25) is 0 Å². The zero-order chi connectivity index (χ0) is 15.0. The summed E-state index contributed by atoms with van der Waals surface area (Å²) in [5.74, 6) is 0.107. The van der Waals surface area contributed by atoms with Crippen LogP contribution in [0, 0.1) is 12.7 Å². The Labute approximate surface area is 130 Å². The van der Waals surface area contributed by atoms with Crippen molar-refractivity contribution in [3.8, 4) is 22.4 Å². The molecule has 0 aliphatic rings. The summed E-state index contributed by atoms with van der Waals surface area (Å²) in [7, 11) is 0. The Morgan fingerprint density at radius 2 is 1.95 bits per heavy atom. The number of aryl methyl sites for hydroxylation is 1. The first-order valence-electron chi connectivity index (χ1n) is 6.42. The number of aromatic amines is 1. The third-order valence-corrected chi connectivity index (χ3v) is 3.96. The number of nitrogens with one attached hydrogen (secondary N) is 1. The van der Waals surface area contributed by atoms with E-state index in [4.69, 9.17) is 5.73 Å². The minimum absolute atomic E-state index is 0.281. The molecule has 2 aromatic carbocycles. The first kappa shape index (κ1) is 13.8. The molecular formula is C16H13BrFN3. The van der Waals surface area contributed by atoms with Crippen molar-refractivity contribution in [2.45, 2.75) is 6.92 Å². The Morgan fingerprint density at radius 1 is 1.19 bits per heavy atom. The summed E-state index contributed by atoms with van der Waals surface area (Å²) < 4.78 is 14.6. The lowest BCUT2D eigenvalue weighted by atomic mass is 10.00. The molecule has 0 radical (unpaired) electrons. The smallest absolute Gasteiger partial charge is 0.153 e. The standard InChI is InChI=1S/C16H13BrFN3/c1-9-6-10(8-11(18)7-9)15-14(16(19)21-20-15)12-4-2-3-5-13(12)17/h2-8H,1H3,(H3,19,20,21). The Bertz CT molecular complexity index is 791. The van der Waals surface area contributed by atoms with Crippen LogP contribution in [-0.4, -0.2) is 10.2 Å². The van der Waals surface area contributed by atoms with Gasteiger partial charge < -0.3 is 5.73 Å². The molecule has 106 valence electrons. The van der Waals surface area contributed by atoms with Crippen molar-refractivity contribution in [2.75, 3.05) is 5.73 Å². The van der Waals surface area contributed by atoms with E-state index in [9.17, 15) is 4.39 Å². The predicted octanol–water partition coefficient (Wildman–Crippen LogP) is 4.54. The average Bonchev–Trinajstić information content (AvgIpc) is 2.80. The van der Waals surface area contributed by atoms with Crippen LogP contribution in [0.25, 0.3) is 22.4 Å². The van der Waals surface area contributed by atoms with Crippen molar-refractivity contribution in [2.24, 2.45) is 0 Å². The maximum atomic E-state index is 13.7. The molecule has 21 heavy (non-hydrogen) atoms. The summed E-state index contributed by atoms with van der Waals surface area (Å²) in [6.45, 7) is 1.85. The number of anilines is 1. The molecule has 0 aliphatic carbocycles. The van der Waals surface area contributed by atoms with Gasteiger partial charge in [0.25, 0.3) is 0 Å². The molecule has 0 aliphatic heterocycles. The minimum Gasteiger partial charge on any atom is -0.382 e. The Morgan fingerprint density at radius 3 is 2.67 bits per heavy atom. The third kappa shape index (κ3) is 2.56. The number of hydrogen-bond acceptors (Lipinski definition) is 2. The summed E-state index contributed by atoms with van der Waals surface area (Å²) in [6.07, 6.45) is 0. The quantitative estimate of drug-likeness (QED) is 0.716. The Hall–Kier alpha value is -2.14. The summed E-state index contributed by atoms with van der Waals surface area (Å²) in [5.41, 5.74) is 9.97. The zero-order valence-electron chi connectivity index (χ0n) is 11.3. The van der Waals surface area contributed by atoms with Gasteiger partial charge in [0.1, 0.15) is 5.82 Å². The molecule has 5 heteroatoms. The molecule has 1 heterocycles. The Balaban J connectivity index is 2.24. The molecule has 3 aromatic rings. The molecule has 0 amide bonds. The van der Waals surface area contributed by atoms with Gasteiger partial charge in [0.05, 0.1) is 11.3 Å². The van der Waals surface area contributed by atoms with E-state index < -0.39 is 0 Å². The number of nitrogens with zero attached hydrogens (tertiary/aromatic N) is 1. The van der Waals surface area contributed by atoms with Gasteiger partial charge in [0, 0.05) is 15.6 Å². The van der Waals surface area contributed by atoms with E-state index in [1.807, 2.05) is 37.3 Å². The maximum absolute atomic E-state index is 13.7. The summed E-state index contributed by atoms with van der Waals surface area (Å²) in [5, 5.41) is 6.99. The summed E-state index contributed by atoms with van der Waals surface area (Å²) in [6, 6.07) is 12.6. The lowest BCUT2D eigenvalue weighted by molar-refractivity contribution is 0.627. The van der Waals surface area contributed by atoms with Gasteiger partial charge in [-0.1, -0.05) is 34.1 Å². The van der Waals surface area contributed by atoms with E-state index in [-0.39, 0.29) is 5.82 Å². The minimum atomic E-state index is -0.281. The molecule has 0 saturated carbocycles. The number of H-pyrrole nitrogens is 1. The van der Waals surface area contributed by atoms with E-state index in [2.05, 4.69) is 26.1 Å². The molecule has 0 spiro atoms. The molecular weight excluding hydrogens is 333 g/mol. The second-order valence-electron chi connectivity index (χ2n) is 4.86. The molecule has 0 atom stereocenters. The van der Waals surface area contributed by atoms with Crippen molar-refractivity contribution in [3.05, 3.63) is 58.3 Å². The van der Waals surface area contributed by atoms with Crippen LogP contribution >= 0.6 is 15.9 Å². The van der Waals surface area contributed by atoms with Gasteiger partial charge in [-0.25, -0.2) is 4.39 Å². The van der Waals surface area contributed by atoms with E-state index in [1.54, 1.807) is 0 Å². The number of halogens is 2. The molecule has 0 fully saturated rings. The van der Waals surface area contributed by atoms with Crippen LogP contribution < -0.4 is 5.73 Å². The van der Waals surface area contributed by atoms with E-state index in [0.717, 1.165) is 26.7 Å². The van der Waals surface area contributed by atoms with Crippen LogP contribution in [0.5, 0.6) is 0 Å². The SMILES string of the molecule is Cc1cc(F)cc(-c2[nH]nc(N)c2-c2ccccc2Br)c1. The molecule has 0 saturated heterocycles. The fraction of sp³-hybridized carbons (Fsp3) is 0.0625. The van der Waals surface area contributed by atoms with Gasteiger partial charge in [-0.3, -0.25) is 5.10 Å². The van der Waals surface area contributed by atoms with Crippen molar-refractivity contribution in [1.29, 1.82) is 0 Å². The van der Waals surface area contributed by atoms with E-state index in [0.29, 0.717) is 11.5 Å². The van der Waals surface area contributed by atoms with Gasteiger partial charge in [-0.15, -0.1) is 0 Å². The van der Waals surface area contributed by atoms with Crippen molar-refractivity contribution >= 4 is 21.7 Å². The van der Waals surface area contributed by atoms with Gasteiger partial charge in [-0.05, 0) is 36.8 Å². The second kappa shape index (κ2) is 5.33. The number of hydrogen-bond donors (Lipinski definition) is 2. The van der Waals surface area contributed by atoms with Crippen molar-refractivity contribution in [1.82, 2.24) is 10.2 Å². The normalized spacial score (nSPS) is 10.8. The van der Waals surface area contributed by atoms with Gasteiger partial charge in [0.15, 0.2) is 5.82 Å². The molecule has 0 unspecified atom stereocenters. The van der Waals surface area contributed by atoms with Crippen LogP contribution in [0.15, 0.2) is 46.9 Å². The number of nitrogen functional groups attached to an aromatic ring is 1. The van der Waals surface area contributed by atoms with E-state index >= 15 is 0 Å². The van der Waals surface area contributed by atoms with Crippen LogP contribution in [0.1, 0.15) is 5.56 Å². The van der Waals surface area contributed by atoms with Gasteiger partial charge in [0.2, 0.25) is 0 Å². The maximum Gasteiger partial charge on any atom is 0.153 e. The van der Waals surface area contributed by atoms with Crippen LogP contribution in [0.4, 0.5) is 10.2 Å². The highest BCUT2D eigenvalue weighted by molar-refractivity contribution is 9.10. The Kier molecular flexibility index (Phi) is 3.51. The van der Waals surface area contributed by atoms with Crippen molar-refractivity contribution < 1.29 is 4.39 Å². The fourth-order valence-electron chi connectivity index (χ4n) is 2.38. The summed E-state index contributed by atoms with van der Waals surface area (Å²) >= 11 is 3.52. The third-order valence-electron chi connectivity index (χ3n) is 3.27. The summed E-state index contributed by atoms with van der Waals surface area (Å²) in [4.78, 5) is 0. The first-order valence-corrected chi connectivity index (χ1v) is 7.22. The fourth-order valence-corrected chi connectivity index (χ4v) is 2.87. The lowest BCUT2D eigenvalue weighted by Gasteiger charge is -2.08. The molecule has 0 bridgehead atoms. The highest BCUT2D eigenvalue weighted by Gasteiger charge is 2.17. The van der Waals surface area contributed by atoms with Crippen LogP contribution in [0.3, 0.4) is 0 Å². The van der Waals surface area contributed by atoms with Crippen LogP contribution in [-0.2, 0) is 0 Å².